The number of alkyl halides is 2. The van der Waals surface area contributed by atoms with Crippen LogP contribution in [0.1, 0.15) is 63.0 Å². The molecule has 1 saturated carbocycles. The fourth-order valence-electron chi connectivity index (χ4n) is 6.91. The Balaban J connectivity index is 1.26. The number of nitrogens with zero attached hydrogens (tertiary/aromatic N) is 6. The fourth-order valence-corrected chi connectivity index (χ4v) is 6.91. The minimum absolute atomic E-state index is 0.00155. The normalized spacial score (nSPS) is 22.9. The van der Waals surface area contributed by atoms with Crippen molar-refractivity contribution in [1.29, 1.82) is 0 Å². The monoisotopic (exact) mass is 578 g/mol. The van der Waals surface area contributed by atoms with Gasteiger partial charge < -0.3 is 19.9 Å². The van der Waals surface area contributed by atoms with Gasteiger partial charge in [0.2, 0.25) is 17.4 Å². The van der Waals surface area contributed by atoms with Gasteiger partial charge in [-0.25, -0.2) is 8.78 Å². The van der Waals surface area contributed by atoms with E-state index in [4.69, 9.17) is 9.84 Å². The van der Waals surface area contributed by atoms with Gasteiger partial charge in [0.25, 0.3) is 6.43 Å². The lowest BCUT2D eigenvalue weighted by molar-refractivity contribution is -0.484. The first-order chi connectivity index (χ1) is 20.4. The van der Waals surface area contributed by atoms with Crippen LogP contribution in [0, 0.1) is 0 Å². The molecule has 1 aromatic carbocycles. The van der Waals surface area contributed by atoms with Gasteiger partial charge in [0.1, 0.15) is 0 Å². The van der Waals surface area contributed by atoms with E-state index in [1.165, 1.54) is 5.71 Å². The summed E-state index contributed by atoms with van der Waals surface area (Å²) in [7, 11) is 1.79. The van der Waals surface area contributed by atoms with Crippen molar-refractivity contribution in [3.63, 3.8) is 0 Å². The maximum absolute atomic E-state index is 14.5. The topological polar surface area (TPSA) is 78.0 Å². The van der Waals surface area contributed by atoms with E-state index in [-0.39, 0.29) is 17.6 Å². The van der Waals surface area contributed by atoms with E-state index in [9.17, 15) is 13.6 Å². The number of anilines is 1. The number of fused-ring (bicyclic) bond motifs is 1. The third-order valence-corrected chi connectivity index (χ3v) is 9.30. The van der Waals surface area contributed by atoms with Gasteiger partial charge in [-0.15, -0.1) is 0 Å². The molecule has 0 spiro atoms. The lowest BCUT2D eigenvalue weighted by Gasteiger charge is -2.33. The van der Waals surface area contributed by atoms with Gasteiger partial charge >= 0.3 is 0 Å². The number of benzene rings is 1. The zero-order valence-electron chi connectivity index (χ0n) is 24.3. The molecule has 0 atom stereocenters. The molecule has 5 heterocycles. The number of aryl methyl sites for hydroxylation is 2. The smallest absolute Gasteiger partial charge is 0.264 e. The molecule has 1 saturated heterocycles. The van der Waals surface area contributed by atoms with Gasteiger partial charge in [-0.1, -0.05) is 4.68 Å². The zero-order valence-corrected chi connectivity index (χ0v) is 24.3. The highest BCUT2D eigenvalue weighted by atomic mass is 19.3. The van der Waals surface area contributed by atoms with Crippen molar-refractivity contribution in [1.82, 2.24) is 20.0 Å². The van der Waals surface area contributed by atoms with E-state index in [1.807, 2.05) is 11.0 Å². The molecule has 9 nitrogen and oxygen atoms in total. The average molecular weight is 579 g/mol. The van der Waals surface area contributed by atoms with E-state index in [1.54, 1.807) is 37.1 Å². The summed E-state index contributed by atoms with van der Waals surface area (Å²) in [6.45, 7) is 5.30. The molecular formula is C31H38F2N7O2+. The number of hydrazone groups is 1. The largest absolute Gasteiger partial charge is 0.372 e. The summed E-state index contributed by atoms with van der Waals surface area (Å²) in [5.74, 6) is 0.827. The summed E-state index contributed by atoms with van der Waals surface area (Å²) in [6, 6.07) is 3.57. The van der Waals surface area contributed by atoms with Crippen LogP contribution in [0.2, 0.25) is 0 Å². The number of amides is 1. The summed E-state index contributed by atoms with van der Waals surface area (Å²) in [6.07, 6.45) is 7.57. The molecule has 0 unspecified atom stereocenters. The Bertz CT molecular complexity index is 1500. The molecule has 1 aromatic heterocycles. The first-order valence-corrected chi connectivity index (χ1v) is 15.1. The number of hydrogen-bond donors (Lipinski definition) is 1. The lowest BCUT2D eigenvalue weighted by atomic mass is 9.92. The van der Waals surface area contributed by atoms with Crippen LogP contribution in [-0.4, -0.2) is 81.8 Å². The number of aromatic nitrogens is 2. The predicted molar refractivity (Wildman–Crippen MR) is 156 cm³/mol. The number of halogens is 2. The van der Waals surface area contributed by atoms with Gasteiger partial charge in [0, 0.05) is 81.1 Å². The van der Waals surface area contributed by atoms with Gasteiger partial charge in [0.15, 0.2) is 5.71 Å². The van der Waals surface area contributed by atoms with E-state index in [0.29, 0.717) is 36.9 Å². The average Bonchev–Trinajstić information content (AvgIpc) is 3.57. The maximum Gasteiger partial charge on any atom is 0.264 e. The molecule has 2 fully saturated rings. The Hall–Kier alpha value is -3.44. The van der Waals surface area contributed by atoms with E-state index < -0.39 is 6.43 Å². The van der Waals surface area contributed by atoms with Gasteiger partial charge in [0.05, 0.1) is 36.9 Å². The Morgan fingerprint density at radius 2 is 1.93 bits per heavy atom. The van der Waals surface area contributed by atoms with Crippen molar-refractivity contribution >= 4 is 23.1 Å². The van der Waals surface area contributed by atoms with Crippen LogP contribution in [-0.2, 0) is 23.0 Å². The summed E-state index contributed by atoms with van der Waals surface area (Å²) in [5, 5.41) is 12.7. The SMILES string of the molecule is CC(=O)N1CCC2=C(C1)C(N1CCCc3cc(-c4cnn(C)c4)c(C(F)F)cc31)=N[N+]2=C1CCC(OC2CNC2)CC1. The molecule has 11 heteroatoms. The number of hydrogen-bond acceptors (Lipinski definition) is 6. The molecule has 42 heavy (non-hydrogen) atoms. The highest BCUT2D eigenvalue weighted by molar-refractivity contribution is 6.12. The molecule has 2 aromatic rings. The van der Waals surface area contributed by atoms with Crippen LogP contribution in [0.15, 0.2) is 40.9 Å². The fraction of sp³-hybridized carbons (Fsp3) is 0.548. The summed E-state index contributed by atoms with van der Waals surface area (Å²) in [5.41, 5.74) is 6.49. The number of ether oxygens (including phenoxy) is 1. The molecule has 222 valence electrons. The minimum atomic E-state index is -2.63. The Labute approximate surface area is 244 Å². The predicted octanol–water partition coefficient (Wildman–Crippen LogP) is 4.00. The van der Waals surface area contributed by atoms with Crippen LogP contribution in [0.25, 0.3) is 11.1 Å². The van der Waals surface area contributed by atoms with E-state index in [2.05, 4.69) is 20.0 Å². The Morgan fingerprint density at radius 1 is 1.12 bits per heavy atom. The first kappa shape index (κ1) is 27.4. The third-order valence-electron chi connectivity index (χ3n) is 9.30. The van der Waals surface area contributed by atoms with Crippen molar-refractivity contribution in [2.45, 2.75) is 70.5 Å². The quantitative estimate of drug-likeness (QED) is 0.556. The van der Waals surface area contributed by atoms with Crippen molar-refractivity contribution < 1.29 is 23.0 Å². The van der Waals surface area contributed by atoms with E-state index >= 15 is 0 Å². The molecule has 7 rings (SSSR count). The highest BCUT2D eigenvalue weighted by Gasteiger charge is 2.43. The highest BCUT2D eigenvalue weighted by Crippen LogP contribution is 2.41. The number of nitrogens with one attached hydrogen (secondary N) is 1. The van der Waals surface area contributed by atoms with Crippen molar-refractivity contribution in [2.24, 2.45) is 12.1 Å². The Kier molecular flexibility index (Phi) is 7.17. The van der Waals surface area contributed by atoms with Gasteiger partial charge in [-0.2, -0.15) is 5.10 Å². The number of carbonyl (C=O) groups is 1. The van der Waals surface area contributed by atoms with Crippen molar-refractivity contribution in [2.75, 3.05) is 37.6 Å². The van der Waals surface area contributed by atoms with Gasteiger partial charge in [-0.05, 0) is 48.9 Å². The van der Waals surface area contributed by atoms with Crippen LogP contribution in [0.3, 0.4) is 0 Å². The van der Waals surface area contributed by atoms with E-state index in [0.717, 1.165) is 86.4 Å². The first-order valence-electron chi connectivity index (χ1n) is 15.1. The summed E-state index contributed by atoms with van der Waals surface area (Å²) < 4.78 is 39.0. The summed E-state index contributed by atoms with van der Waals surface area (Å²) in [4.78, 5) is 16.4. The molecule has 1 N–H and O–H groups in total. The van der Waals surface area contributed by atoms with Gasteiger partial charge in [-0.3, -0.25) is 9.48 Å². The zero-order chi connectivity index (χ0) is 29.0. The lowest BCUT2D eigenvalue weighted by Crippen LogP contribution is -2.50. The summed E-state index contributed by atoms with van der Waals surface area (Å²) >= 11 is 0. The number of rotatable bonds is 4. The molecule has 0 radical (unpaired) electrons. The molecular weight excluding hydrogens is 540 g/mol. The Morgan fingerprint density at radius 3 is 2.60 bits per heavy atom. The standard InChI is InChI=1S/C31H38F2N7O2/c1-19(41)38-11-9-28-27(18-38)31(36-40(28)22-5-7-23(8-6-22)42-24-15-34-16-24)39-10-3-4-20-12-25(21-14-35-37(2)17-21)26(30(32)33)13-29(20)39/h12-14,17,23-24,30,34H,3-11,15-16,18H2,1-2H3/q+1. The van der Waals surface area contributed by atoms with Crippen molar-refractivity contribution in [3.8, 4) is 11.1 Å². The second-order valence-corrected chi connectivity index (χ2v) is 12.1. The second kappa shape index (κ2) is 11.0. The number of carbonyl (C=O) groups excluding carboxylic acids is 1. The molecule has 1 amide bonds. The van der Waals surface area contributed by atoms with Crippen LogP contribution in [0.4, 0.5) is 14.5 Å². The molecule has 4 aliphatic heterocycles. The minimum Gasteiger partial charge on any atom is -0.372 e. The van der Waals surface area contributed by atoms with Crippen LogP contribution in [0.5, 0.6) is 0 Å². The maximum atomic E-state index is 14.5. The van der Waals surface area contributed by atoms with Crippen LogP contribution >= 0.6 is 0 Å². The second-order valence-electron chi connectivity index (χ2n) is 12.1. The van der Waals surface area contributed by atoms with Crippen molar-refractivity contribution in [3.05, 3.63) is 46.9 Å². The van der Waals surface area contributed by atoms with Crippen LogP contribution < -0.4 is 10.2 Å². The molecule has 5 aliphatic rings. The third kappa shape index (κ3) is 4.96. The molecule has 1 aliphatic carbocycles. The number of amidine groups is 1. The molecule has 0 bridgehead atoms.